The number of nitrogens with zero attached hydrogens (tertiary/aromatic N) is 1. The third-order valence-corrected chi connectivity index (χ3v) is 3.24. The van der Waals surface area contributed by atoms with E-state index in [1.165, 1.54) is 12.1 Å². The number of nitrogens with one attached hydrogen (secondary N) is 1. The van der Waals surface area contributed by atoms with E-state index in [9.17, 15) is 4.39 Å². The molecule has 3 nitrogen and oxygen atoms in total. The molecule has 19 heavy (non-hydrogen) atoms. The Balaban J connectivity index is 2.38. The summed E-state index contributed by atoms with van der Waals surface area (Å²) < 4.78 is 18.2. The van der Waals surface area contributed by atoms with Crippen LogP contribution in [-0.2, 0) is 4.74 Å². The molecule has 0 aliphatic rings. The molecule has 0 amide bonds. The lowest BCUT2D eigenvalue weighted by Gasteiger charge is -2.21. The monoisotopic (exact) mass is 268 g/mol. The first kappa shape index (κ1) is 16.1. The van der Waals surface area contributed by atoms with Gasteiger partial charge in [0.15, 0.2) is 0 Å². The zero-order valence-corrected chi connectivity index (χ0v) is 12.2. The predicted octanol–water partition coefficient (Wildman–Crippen LogP) is 2.44. The number of ether oxygens (including phenoxy) is 1. The Morgan fingerprint density at radius 1 is 1.26 bits per heavy atom. The average Bonchev–Trinajstić information content (AvgIpc) is 2.41. The van der Waals surface area contributed by atoms with E-state index in [4.69, 9.17) is 4.74 Å². The van der Waals surface area contributed by atoms with Crippen LogP contribution in [0, 0.1) is 5.82 Å². The van der Waals surface area contributed by atoms with Gasteiger partial charge in [-0.05, 0) is 51.7 Å². The maximum atomic E-state index is 12.9. The van der Waals surface area contributed by atoms with E-state index in [-0.39, 0.29) is 11.9 Å². The summed E-state index contributed by atoms with van der Waals surface area (Å²) in [5.74, 6) is -0.188. The zero-order chi connectivity index (χ0) is 14.1. The molecule has 1 rings (SSSR count). The van der Waals surface area contributed by atoms with Gasteiger partial charge in [-0.1, -0.05) is 12.1 Å². The topological polar surface area (TPSA) is 24.5 Å². The van der Waals surface area contributed by atoms with Gasteiger partial charge in [0.05, 0.1) is 6.61 Å². The highest BCUT2D eigenvalue weighted by molar-refractivity contribution is 5.19. The molecular formula is C15H25FN2O. The normalized spacial score (nSPS) is 12.9. The molecule has 0 spiro atoms. The van der Waals surface area contributed by atoms with E-state index >= 15 is 0 Å². The first-order valence-corrected chi connectivity index (χ1v) is 6.86. The van der Waals surface area contributed by atoms with Crippen LogP contribution in [-0.4, -0.2) is 45.3 Å². The summed E-state index contributed by atoms with van der Waals surface area (Å²) in [6, 6.07) is 6.97. The molecule has 1 unspecified atom stereocenters. The minimum Gasteiger partial charge on any atom is -0.380 e. The van der Waals surface area contributed by atoms with Gasteiger partial charge in [0.25, 0.3) is 0 Å². The highest BCUT2D eigenvalue weighted by Crippen LogP contribution is 2.17. The fourth-order valence-electron chi connectivity index (χ4n) is 2.00. The van der Waals surface area contributed by atoms with Crippen molar-refractivity contribution in [2.24, 2.45) is 0 Å². The van der Waals surface area contributed by atoms with Crippen molar-refractivity contribution >= 4 is 0 Å². The van der Waals surface area contributed by atoms with Crippen molar-refractivity contribution < 1.29 is 9.13 Å². The predicted molar refractivity (Wildman–Crippen MR) is 76.8 cm³/mol. The Hall–Kier alpha value is -0.970. The Morgan fingerprint density at radius 3 is 2.53 bits per heavy atom. The lowest BCUT2D eigenvalue weighted by Crippen LogP contribution is -2.28. The Morgan fingerprint density at radius 2 is 1.95 bits per heavy atom. The fourth-order valence-corrected chi connectivity index (χ4v) is 2.00. The van der Waals surface area contributed by atoms with Gasteiger partial charge in [-0.3, -0.25) is 0 Å². The van der Waals surface area contributed by atoms with E-state index < -0.39 is 0 Å². The molecule has 0 radical (unpaired) electrons. The number of likely N-dealkylation sites (N-methyl/N-ethyl adjacent to an activating group) is 1. The third-order valence-electron chi connectivity index (χ3n) is 3.24. The summed E-state index contributed by atoms with van der Waals surface area (Å²) in [7, 11) is 4.03. The van der Waals surface area contributed by atoms with Gasteiger partial charge in [-0.2, -0.15) is 0 Å². The lowest BCUT2D eigenvalue weighted by molar-refractivity contribution is 0.121. The van der Waals surface area contributed by atoms with E-state index in [0.29, 0.717) is 0 Å². The molecule has 1 aromatic carbocycles. The van der Waals surface area contributed by atoms with Crippen molar-refractivity contribution in [3.63, 3.8) is 0 Å². The Kier molecular flexibility index (Phi) is 7.63. The van der Waals surface area contributed by atoms with Crippen molar-refractivity contribution in [3.8, 4) is 0 Å². The molecule has 1 aromatic rings. The SMILES string of the molecule is CCOCCN(C)CCC(NC)c1ccc(F)cc1. The van der Waals surface area contributed by atoms with Crippen LogP contribution in [0.3, 0.4) is 0 Å². The quantitative estimate of drug-likeness (QED) is 0.696. The molecule has 1 N–H and O–H groups in total. The molecule has 108 valence electrons. The van der Waals surface area contributed by atoms with Gasteiger partial charge in [-0.15, -0.1) is 0 Å². The molecule has 4 heteroatoms. The van der Waals surface area contributed by atoms with Crippen molar-refractivity contribution in [1.29, 1.82) is 0 Å². The summed E-state index contributed by atoms with van der Waals surface area (Å²) in [5, 5.41) is 3.28. The van der Waals surface area contributed by atoms with Gasteiger partial charge in [0, 0.05) is 19.2 Å². The highest BCUT2D eigenvalue weighted by atomic mass is 19.1. The highest BCUT2D eigenvalue weighted by Gasteiger charge is 2.10. The van der Waals surface area contributed by atoms with Crippen molar-refractivity contribution in [2.45, 2.75) is 19.4 Å². The van der Waals surface area contributed by atoms with Crippen LogP contribution >= 0.6 is 0 Å². The second-order valence-electron chi connectivity index (χ2n) is 4.68. The zero-order valence-electron chi connectivity index (χ0n) is 12.2. The van der Waals surface area contributed by atoms with Gasteiger partial charge >= 0.3 is 0 Å². The van der Waals surface area contributed by atoms with Crippen LogP contribution in [0.1, 0.15) is 24.9 Å². The van der Waals surface area contributed by atoms with Crippen molar-refractivity contribution in [3.05, 3.63) is 35.6 Å². The van der Waals surface area contributed by atoms with E-state index in [1.807, 2.05) is 26.1 Å². The van der Waals surface area contributed by atoms with Crippen molar-refractivity contribution in [1.82, 2.24) is 10.2 Å². The molecule has 1 atom stereocenters. The van der Waals surface area contributed by atoms with Crippen molar-refractivity contribution in [2.75, 3.05) is 40.4 Å². The van der Waals surface area contributed by atoms with Gasteiger partial charge < -0.3 is 15.0 Å². The van der Waals surface area contributed by atoms with Crippen LogP contribution in [0.5, 0.6) is 0 Å². The van der Waals surface area contributed by atoms with E-state index in [1.54, 1.807) is 0 Å². The van der Waals surface area contributed by atoms with E-state index in [2.05, 4.69) is 17.3 Å². The Labute approximate surface area is 115 Å². The maximum Gasteiger partial charge on any atom is 0.123 e. The number of halogens is 1. The smallest absolute Gasteiger partial charge is 0.123 e. The molecule has 0 aromatic heterocycles. The second-order valence-corrected chi connectivity index (χ2v) is 4.68. The van der Waals surface area contributed by atoms with Gasteiger partial charge in [0.1, 0.15) is 5.82 Å². The average molecular weight is 268 g/mol. The second kappa shape index (κ2) is 9.02. The van der Waals surface area contributed by atoms with Crippen LogP contribution in [0.2, 0.25) is 0 Å². The first-order valence-electron chi connectivity index (χ1n) is 6.86. The van der Waals surface area contributed by atoms with Crippen LogP contribution < -0.4 is 5.32 Å². The number of hydrogen-bond acceptors (Lipinski definition) is 3. The van der Waals surface area contributed by atoms with Crippen LogP contribution in [0.25, 0.3) is 0 Å². The van der Waals surface area contributed by atoms with Gasteiger partial charge in [0.2, 0.25) is 0 Å². The minimum absolute atomic E-state index is 0.188. The molecule has 0 bridgehead atoms. The molecule has 0 saturated heterocycles. The summed E-state index contributed by atoms with van der Waals surface area (Å²) in [5.41, 5.74) is 1.13. The number of benzene rings is 1. The summed E-state index contributed by atoms with van der Waals surface area (Å²) in [6.07, 6.45) is 0.991. The number of rotatable bonds is 9. The maximum absolute atomic E-state index is 12.9. The third kappa shape index (κ3) is 6.14. The van der Waals surface area contributed by atoms with Gasteiger partial charge in [-0.25, -0.2) is 4.39 Å². The van der Waals surface area contributed by atoms with Crippen LogP contribution in [0.4, 0.5) is 4.39 Å². The lowest BCUT2D eigenvalue weighted by atomic mass is 10.0. The first-order chi connectivity index (χ1) is 9.17. The molecule has 0 aliphatic carbocycles. The molecule has 0 fully saturated rings. The molecule has 0 heterocycles. The fraction of sp³-hybridized carbons (Fsp3) is 0.600. The largest absolute Gasteiger partial charge is 0.380 e. The minimum atomic E-state index is -0.188. The van der Waals surface area contributed by atoms with Crippen LogP contribution in [0.15, 0.2) is 24.3 Å². The molecule has 0 aliphatic heterocycles. The summed E-state index contributed by atoms with van der Waals surface area (Å²) in [6.45, 7) is 5.46. The summed E-state index contributed by atoms with van der Waals surface area (Å²) in [4.78, 5) is 2.25. The summed E-state index contributed by atoms with van der Waals surface area (Å²) >= 11 is 0. The van der Waals surface area contributed by atoms with E-state index in [0.717, 1.165) is 38.3 Å². The standard InChI is InChI=1S/C15H25FN2O/c1-4-19-12-11-18(3)10-9-15(17-2)13-5-7-14(16)8-6-13/h5-8,15,17H,4,9-12H2,1-3H3. The molecule has 0 saturated carbocycles. The Bertz CT molecular complexity index is 343. The number of hydrogen-bond donors (Lipinski definition) is 1. The molecular weight excluding hydrogens is 243 g/mol.